The van der Waals surface area contributed by atoms with Crippen molar-refractivity contribution in [2.45, 2.75) is 19.3 Å². The standard InChI is InChI=1S/C13H15/c1-2-4-6-8-10-12-13-11-9-7-5-3-1/h1-4,7,9-10,12-13H,5-6,8H2/b3-1-,4-2+,9-7+,12-10-,13-11?. The molecule has 67 valence electrons. The molecule has 0 unspecified atom stereocenters. The van der Waals surface area contributed by atoms with Gasteiger partial charge in [0, 0.05) is 0 Å². The molecule has 0 nitrogen and oxygen atoms in total. The molecule has 0 aromatic carbocycles. The summed E-state index contributed by atoms with van der Waals surface area (Å²) in [4.78, 5) is 0. The summed E-state index contributed by atoms with van der Waals surface area (Å²) in [5.74, 6) is 0. The number of rotatable bonds is 0. The summed E-state index contributed by atoms with van der Waals surface area (Å²) < 4.78 is 0. The van der Waals surface area contributed by atoms with E-state index in [-0.39, 0.29) is 0 Å². The SMILES string of the molecule is [C]1=C/C=C\CC/C=C/C=C\C/C=C/1. The first-order valence-corrected chi connectivity index (χ1v) is 4.71. The summed E-state index contributed by atoms with van der Waals surface area (Å²) in [6, 6.07) is 0. The van der Waals surface area contributed by atoms with Crippen LogP contribution in [0.15, 0.2) is 54.7 Å². The molecule has 1 aliphatic rings. The second-order valence-corrected chi connectivity index (χ2v) is 2.83. The summed E-state index contributed by atoms with van der Waals surface area (Å²) >= 11 is 0. The highest BCUT2D eigenvalue weighted by atomic mass is 13.8. The Bertz CT molecular complexity index is 249. The van der Waals surface area contributed by atoms with Crippen molar-refractivity contribution < 1.29 is 0 Å². The van der Waals surface area contributed by atoms with E-state index in [1.807, 2.05) is 18.2 Å². The van der Waals surface area contributed by atoms with Gasteiger partial charge in [-0.2, -0.15) is 0 Å². The number of allylic oxidation sites excluding steroid dienone is 10. The molecule has 0 aliphatic heterocycles. The van der Waals surface area contributed by atoms with E-state index in [1.165, 1.54) is 0 Å². The molecular formula is C13H15. The van der Waals surface area contributed by atoms with Crippen LogP contribution < -0.4 is 0 Å². The molecule has 0 heteroatoms. The van der Waals surface area contributed by atoms with Gasteiger partial charge in [0.25, 0.3) is 0 Å². The first kappa shape index (κ1) is 9.79. The van der Waals surface area contributed by atoms with Crippen LogP contribution in [-0.2, 0) is 0 Å². The first-order chi connectivity index (χ1) is 6.50. The van der Waals surface area contributed by atoms with E-state index in [0.717, 1.165) is 19.3 Å². The van der Waals surface area contributed by atoms with E-state index in [2.05, 4.69) is 42.5 Å². The van der Waals surface area contributed by atoms with Crippen molar-refractivity contribution in [3.8, 4) is 0 Å². The van der Waals surface area contributed by atoms with Gasteiger partial charge in [-0.1, -0.05) is 54.7 Å². The molecule has 13 heavy (non-hydrogen) atoms. The van der Waals surface area contributed by atoms with Gasteiger partial charge >= 0.3 is 0 Å². The van der Waals surface area contributed by atoms with Gasteiger partial charge in [-0.05, 0) is 25.3 Å². The highest BCUT2D eigenvalue weighted by Crippen LogP contribution is 1.95. The average Bonchev–Trinajstić information content (AvgIpc) is 2.18. The Labute approximate surface area is 80.7 Å². The zero-order valence-corrected chi connectivity index (χ0v) is 7.82. The Hall–Kier alpha value is -1.30. The summed E-state index contributed by atoms with van der Waals surface area (Å²) in [6.07, 6.45) is 25.0. The number of hydrogen-bond acceptors (Lipinski definition) is 0. The van der Waals surface area contributed by atoms with Gasteiger partial charge < -0.3 is 0 Å². The zero-order chi connectivity index (χ0) is 9.19. The van der Waals surface area contributed by atoms with Crippen molar-refractivity contribution in [3.63, 3.8) is 0 Å². The van der Waals surface area contributed by atoms with Crippen molar-refractivity contribution >= 4 is 0 Å². The van der Waals surface area contributed by atoms with Crippen molar-refractivity contribution in [1.82, 2.24) is 0 Å². The third-order valence-electron chi connectivity index (χ3n) is 1.70. The second kappa shape index (κ2) is 7.35. The van der Waals surface area contributed by atoms with E-state index in [4.69, 9.17) is 0 Å². The van der Waals surface area contributed by atoms with Crippen LogP contribution in [-0.4, -0.2) is 0 Å². The maximum Gasteiger partial charge on any atom is -0.0163 e. The average molecular weight is 171 g/mol. The van der Waals surface area contributed by atoms with E-state index in [1.54, 1.807) is 0 Å². The lowest BCUT2D eigenvalue weighted by atomic mass is 10.2. The van der Waals surface area contributed by atoms with Crippen LogP contribution in [0.25, 0.3) is 0 Å². The molecular weight excluding hydrogens is 156 g/mol. The fraction of sp³-hybridized carbons (Fsp3) is 0.231. The molecule has 0 aromatic rings. The van der Waals surface area contributed by atoms with E-state index < -0.39 is 0 Å². The Balaban J connectivity index is 2.49. The summed E-state index contributed by atoms with van der Waals surface area (Å²) in [6.45, 7) is 0. The van der Waals surface area contributed by atoms with Crippen LogP contribution in [0.4, 0.5) is 0 Å². The van der Waals surface area contributed by atoms with Gasteiger partial charge in [0.1, 0.15) is 0 Å². The minimum absolute atomic E-state index is 0.981. The van der Waals surface area contributed by atoms with Crippen molar-refractivity contribution in [1.29, 1.82) is 0 Å². The van der Waals surface area contributed by atoms with E-state index in [0.29, 0.717) is 0 Å². The fourth-order valence-corrected chi connectivity index (χ4v) is 1.01. The third kappa shape index (κ3) is 5.92. The second-order valence-electron chi connectivity index (χ2n) is 2.83. The summed E-state index contributed by atoms with van der Waals surface area (Å²) in [5, 5.41) is 0. The van der Waals surface area contributed by atoms with Gasteiger partial charge in [-0.3, -0.25) is 0 Å². The smallest absolute Gasteiger partial charge is 0.0163 e. The van der Waals surface area contributed by atoms with Gasteiger partial charge in [0.15, 0.2) is 0 Å². The zero-order valence-electron chi connectivity index (χ0n) is 7.82. The molecule has 1 rings (SSSR count). The molecule has 0 spiro atoms. The number of hydrogen-bond donors (Lipinski definition) is 0. The predicted molar refractivity (Wildman–Crippen MR) is 58.2 cm³/mol. The third-order valence-corrected chi connectivity index (χ3v) is 1.70. The summed E-state index contributed by atoms with van der Waals surface area (Å²) in [5.41, 5.74) is 0. The monoisotopic (exact) mass is 171 g/mol. The van der Waals surface area contributed by atoms with Crippen molar-refractivity contribution in [3.05, 3.63) is 60.8 Å². The maximum absolute atomic E-state index is 3.08. The molecule has 0 saturated heterocycles. The minimum atomic E-state index is 0.981. The van der Waals surface area contributed by atoms with E-state index in [9.17, 15) is 0 Å². The normalized spacial score (nSPS) is 30.2. The molecule has 0 atom stereocenters. The predicted octanol–water partition coefficient (Wildman–Crippen LogP) is 3.75. The molecule has 0 amide bonds. The quantitative estimate of drug-likeness (QED) is 0.520. The van der Waals surface area contributed by atoms with Crippen molar-refractivity contribution in [2.24, 2.45) is 0 Å². The Morgan fingerprint density at radius 2 is 1.54 bits per heavy atom. The lowest BCUT2D eigenvalue weighted by molar-refractivity contribution is 1.05. The molecule has 0 N–H and O–H groups in total. The summed E-state index contributed by atoms with van der Waals surface area (Å²) in [7, 11) is 0. The van der Waals surface area contributed by atoms with Gasteiger partial charge in [-0.15, -0.1) is 0 Å². The highest BCUT2D eigenvalue weighted by molar-refractivity contribution is 5.10. The first-order valence-electron chi connectivity index (χ1n) is 4.71. The van der Waals surface area contributed by atoms with Crippen LogP contribution in [0.2, 0.25) is 0 Å². The minimum Gasteiger partial charge on any atom is -0.0842 e. The molecule has 1 aliphatic carbocycles. The van der Waals surface area contributed by atoms with Gasteiger partial charge in [-0.25, -0.2) is 0 Å². The molecule has 0 fully saturated rings. The van der Waals surface area contributed by atoms with E-state index >= 15 is 0 Å². The Morgan fingerprint density at radius 1 is 0.769 bits per heavy atom. The molecule has 0 heterocycles. The fourth-order valence-electron chi connectivity index (χ4n) is 1.01. The molecule has 1 radical (unpaired) electrons. The van der Waals surface area contributed by atoms with Crippen molar-refractivity contribution in [2.75, 3.05) is 0 Å². The Kier molecular flexibility index (Phi) is 5.54. The van der Waals surface area contributed by atoms with Gasteiger partial charge in [0.05, 0.1) is 0 Å². The van der Waals surface area contributed by atoms with Crippen LogP contribution in [0.5, 0.6) is 0 Å². The molecule has 0 saturated carbocycles. The van der Waals surface area contributed by atoms with Gasteiger partial charge in [0.2, 0.25) is 0 Å². The molecule has 0 aromatic heterocycles. The molecule has 0 bridgehead atoms. The largest absolute Gasteiger partial charge is 0.0842 e. The van der Waals surface area contributed by atoms with Crippen LogP contribution >= 0.6 is 0 Å². The van der Waals surface area contributed by atoms with Crippen LogP contribution in [0, 0.1) is 6.08 Å². The van der Waals surface area contributed by atoms with Crippen LogP contribution in [0.3, 0.4) is 0 Å². The maximum atomic E-state index is 3.08. The lowest BCUT2D eigenvalue weighted by Crippen LogP contribution is -1.62. The topological polar surface area (TPSA) is 0 Å². The Morgan fingerprint density at radius 3 is 2.46 bits per heavy atom. The highest BCUT2D eigenvalue weighted by Gasteiger charge is 1.75. The van der Waals surface area contributed by atoms with Crippen LogP contribution in [0.1, 0.15) is 19.3 Å². The lowest BCUT2D eigenvalue weighted by Gasteiger charge is -1.83.